The summed E-state index contributed by atoms with van der Waals surface area (Å²) in [6.45, 7) is 6.24. The molecular weight excluding hydrogens is 369 g/mol. The van der Waals surface area contributed by atoms with E-state index in [1.807, 2.05) is 21.9 Å². The molecule has 1 saturated heterocycles. The first kappa shape index (κ1) is 19.4. The summed E-state index contributed by atoms with van der Waals surface area (Å²) in [6.07, 6.45) is 0.965. The number of Topliss-reactive ketones (excluding diaryl/α,β-unsaturated/α-hetero) is 1. The fourth-order valence-corrected chi connectivity index (χ4v) is 4.30. The van der Waals surface area contributed by atoms with Crippen molar-refractivity contribution in [3.05, 3.63) is 59.4 Å². The van der Waals surface area contributed by atoms with Gasteiger partial charge >= 0.3 is 0 Å². The standard InChI is InChI=1S/C23H26FN3O2/c1-16-13-19-5-3-4-6-21(19)27(16)15-23(29)26-11-9-25(10-12-26)22-8-7-18(17(2)28)14-20(22)24/h3-8,14,16H,9-13,15H2,1-2H3/t16-/m1/s1. The molecule has 1 atom stereocenters. The van der Waals surface area contributed by atoms with Gasteiger partial charge in [-0.1, -0.05) is 18.2 Å². The Bertz CT molecular complexity index is 937. The zero-order valence-electron chi connectivity index (χ0n) is 16.9. The van der Waals surface area contributed by atoms with Crippen LogP contribution in [0.3, 0.4) is 0 Å². The third kappa shape index (κ3) is 3.84. The van der Waals surface area contributed by atoms with Crippen molar-refractivity contribution < 1.29 is 14.0 Å². The van der Waals surface area contributed by atoms with Crippen LogP contribution in [0.1, 0.15) is 29.8 Å². The third-order valence-electron chi connectivity index (χ3n) is 5.98. The molecule has 152 valence electrons. The summed E-state index contributed by atoms with van der Waals surface area (Å²) in [5.74, 6) is -0.427. The molecule has 5 nitrogen and oxygen atoms in total. The first-order chi connectivity index (χ1) is 13.9. The predicted octanol–water partition coefficient (Wildman–Crippen LogP) is 3.13. The predicted molar refractivity (Wildman–Crippen MR) is 112 cm³/mol. The lowest BCUT2D eigenvalue weighted by molar-refractivity contribution is -0.130. The Morgan fingerprint density at radius 2 is 1.76 bits per heavy atom. The highest BCUT2D eigenvalue weighted by Gasteiger charge is 2.30. The Morgan fingerprint density at radius 3 is 2.45 bits per heavy atom. The van der Waals surface area contributed by atoms with E-state index in [-0.39, 0.29) is 17.5 Å². The Balaban J connectivity index is 1.37. The first-order valence-corrected chi connectivity index (χ1v) is 10.1. The number of para-hydroxylation sites is 1. The van der Waals surface area contributed by atoms with Gasteiger partial charge in [0, 0.05) is 43.5 Å². The highest BCUT2D eigenvalue weighted by molar-refractivity contribution is 5.94. The fraction of sp³-hybridized carbons (Fsp3) is 0.391. The number of carbonyl (C=O) groups is 2. The van der Waals surface area contributed by atoms with Crippen LogP contribution in [-0.4, -0.2) is 55.4 Å². The van der Waals surface area contributed by atoms with Gasteiger partial charge in [0.1, 0.15) is 5.82 Å². The Labute approximate surface area is 170 Å². The van der Waals surface area contributed by atoms with Crippen molar-refractivity contribution in [3.8, 4) is 0 Å². The van der Waals surface area contributed by atoms with E-state index in [1.54, 1.807) is 12.1 Å². The van der Waals surface area contributed by atoms with Crippen molar-refractivity contribution in [1.29, 1.82) is 0 Å². The normalized spacial score (nSPS) is 18.7. The van der Waals surface area contributed by atoms with E-state index in [0.717, 1.165) is 12.1 Å². The molecule has 0 N–H and O–H groups in total. The van der Waals surface area contributed by atoms with Gasteiger partial charge in [0.25, 0.3) is 0 Å². The van der Waals surface area contributed by atoms with Gasteiger partial charge in [-0.05, 0) is 50.1 Å². The number of carbonyl (C=O) groups excluding carboxylic acids is 2. The number of nitrogens with zero attached hydrogens (tertiary/aromatic N) is 3. The maximum Gasteiger partial charge on any atom is 0.242 e. The van der Waals surface area contributed by atoms with Gasteiger partial charge in [0.15, 0.2) is 5.78 Å². The molecular formula is C23H26FN3O2. The van der Waals surface area contributed by atoms with E-state index < -0.39 is 0 Å². The number of anilines is 2. The Hall–Kier alpha value is -2.89. The highest BCUT2D eigenvalue weighted by atomic mass is 19.1. The van der Waals surface area contributed by atoms with Gasteiger partial charge < -0.3 is 14.7 Å². The van der Waals surface area contributed by atoms with Crippen LogP contribution in [0.25, 0.3) is 0 Å². The second-order valence-electron chi connectivity index (χ2n) is 7.90. The molecule has 2 aromatic rings. The van der Waals surface area contributed by atoms with Crippen molar-refractivity contribution in [2.75, 3.05) is 42.5 Å². The smallest absolute Gasteiger partial charge is 0.242 e. The van der Waals surface area contributed by atoms with Crippen LogP contribution in [0.2, 0.25) is 0 Å². The van der Waals surface area contributed by atoms with Crippen molar-refractivity contribution in [2.45, 2.75) is 26.3 Å². The highest BCUT2D eigenvalue weighted by Crippen LogP contribution is 2.31. The number of fused-ring (bicyclic) bond motifs is 1. The quantitative estimate of drug-likeness (QED) is 0.746. The van der Waals surface area contributed by atoms with Crippen LogP contribution >= 0.6 is 0 Å². The van der Waals surface area contributed by atoms with Gasteiger partial charge in [-0.15, -0.1) is 0 Å². The summed E-state index contributed by atoms with van der Waals surface area (Å²) in [6, 6.07) is 13.2. The van der Waals surface area contributed by atoms with E-state index in [1.165, 1.54) is 18.6 Å². The molecule has 2 heterocycles. The summed E-state index contributed by atoms with van der Waals surface area (Å²) >= 11 is 0. The van der Waals surface area contributed by atoms with Crippen molar-refractivity contribution in [3.63, 3.8) is 0 Å². The van der Waals surface area contributed by atoms with Crippen molar-refractivity contribution >= 4 is 23.1 Å². The van der Waals surface area contributed by atoms with Crippen molar-refractivity contribution in [1.82, 2.24) is 4.90 Å². The lowest BCUT2D eigenvalue weighted by atomic mass is 10.1. The molecule has 4 rings (SSSR count). The topological polar surface area (TPSA) is 43.9 Å². The first-order valence-electron chi connectivity index (χ1n) is 10.1. The largest absolute Gasteiger partial charge is 0.366 e. The van der Waals surface area contributed by atoms with E-state index >= 15 is 0 Å². The zero-order valence-corrected chi connectivity index (χ0v) is 16.9. The summed E-state index contributed by atoms with van der Waals surface area (Å²) in [4.78, 5) is 30.3. The van der Waals surface area contributed by atoms with E-state index in [2.05, 4.69) is 24.0 Å². The minimum Gasteiger partial charge on any atom is -0.366 e. The number of halogens is 1. The molecule has 6 heteroatoms. The summed E-state index contributed by atoms with van der Waals surface area (Å²) in [5.41, 5.74) is 3.31. The van der Waals surface area contributed by atoms with Gasteiger partial charge in [-0.25, -0.2) is 4.39 Å². The molecule has 0 bridgehead atoms. The minimum atomic E-state index is -0.389. The molecule has 0 spiro atoms. The second-order valence-corrected chi connectivity index (χ2v) is 7.90. The number of ketones is 1. The van der Waals surface area contributed by atoms with Crippen LogP contribution < -0.4 is 9.80 Å². The molecule has 1 fully saturated rings. The van der Waals surface area contributed by atoms with Gasteiger partial charge in [0.2, 0.25) is 5.91 Å². The van der Waals surface area contributed by atoms with Crippen molar-refractivity contribution in [2.24, 2.45) is 0 Å². The minimum absolute atomic E-state index is 0.112. The SMILES string of the molecule is CC(=O)c1ccc(N2CCN(C(=O)CN3c4ccccc4C[C@H]3C)CC2)c(F)c1. The second kappa shape index (κ2) is 7.85. The maximum absolute atomic E-state index is 14.4. The van der Waals surface area contributed by atoms with Crippen LogP contribution in [0.5, 0.6) is 0 Å². The molecule has 29 heavy (non-hydrogen) atoms. The number of amides is 1. The number of hydrogen-bond acceptors (Lipinski definition) is 4. The molecule has 2 aliphatic heterocycles. The molecule has 1 amide bonds. The van der Waals surface area contributed by atoms with E-state index in [9.17, 15) is 14.0 Å². The Kier molecular flexibility index (Phi) is 5.26. The van der Waals surface area contributed by atoms with E-state index in [0.29, 0.717) is 50.0 Å². The summed E-state index contributed by atoms with van der Waals surface area (Å²) < 4.78 is 14.4. The lowest BCUT2D eigenvalue weighted by Crippen LogP contribution is -2.52. The molecule has 0 saturated carbocycles. The van der Waals surface area contributed by atoms with Gasteiger partial charge in [-0.3, -0.25) is 9.59 Å². The van der Waals surface area contributed by atoms with Crippen LogP contribution in [0.4, 0.5) is 15.8 Å². The summed E-state index contributed by atoms with van der Waals surface area (Å²) in [7, 11) is 0. The molecule has 0 aromatic heterocycles. The fourth-order valence-electron chi connectivity index (χ4n) is 4.30. The number of rotatable bonds is 4. The molecule has 0 unspecified atom stereocenters. The monoisotopic (exact) mass is 395 g/mol. The van der Waals surface area contributed by atoms with Crippen LogP contribution in [-0.2, 0) is 11.2 Å². The summed E-state index contributed by atoms with van der Waals surface area (Å²) in [5, 5.41) is 0. The maximum atomic E-state index is 14.4. The average molecular weight is 395 g/mol. The number of piperazine rings is 1. The molecule has 0 radical (unpaired) electrons. The van der Waals surface area contributed by atoms with E-state index in [4.69, 9.17) is 0 Å². The van der Waals surface area contributed by atoms with Crippen LogP contribution in [0.15, 0.2) is 42.5 Å². The zero-order chi connectivity index (χ0) is 20.5. The van der Waals surface area contributed by atoms with Crippen LogP contribution in [0, 0.1) is 5.82 Å². The molecule has 2 aliphatic rings. The average Bonchev–Trinajstić information content (AvgIpc) is 3.03. The molecule has 0 aliphatic carbocycles. The number of benzene rings is 2. The third-order valence-corrected chi connectivity index (χ3v) is 5.98. The Morgan fingerprint density at radius 1 is 1.03 bits per heavy atom. The van der Waals surface area contributed by atoms with Gasteiger partial charge in [0.05, 0.1) is 12.2 Å². The number of hydrogen-bond donors (Lipinski definition) is 0. The molecule has 2 aromatic carbocycles. The van der Waals surface area contributed by atoms with Gasteiger partial charge in [-0.2, -0.15) is 0 Å². The lowest BCUT2D eigenvalue weighted by Gasteiger charge is -2.37.